The fraction of sp³-hybridized carbons (Fsp3) is 0.909. The van der Waals surface area contributed by atoms with Crippen LogP contribution in [0.1, 0.15) is 39.5 Å². The van der Waals surface area contributed by atoms with Crippen molar-refractivity contribution in [3.63, 3.8) is 0 Å². The minimum Gasteiger partial charge on any atom is -0.465 e. The van der Waals surface area contributed by atoms with Gasteiger partial charge in [-0.1, -0.05) is 13.3 Å². The summed E-state index contributed by atoms with van der Waals surface area (Å²) in [6, 6.07) is 0. The van der Waals surface area contributed by atoms with Crippen LogP contribution in [0.15, 0.2) is 0 Å². The Balaban J connectivity index is 3.29. The predicted octanol–water partition coefficient (Wildman–Crippen LogP) is 3.50. The lowest BCUT2D eigenvalue weighted by Gasteiger charge is -2.14. The summed E-state index contributed by atoms with van der Waals surface area (Å²) in [4.78, 5) is 10.4. The average Bonchev–Trinajstić information content (AvgIpc) is 2.15. The maximum atomic E-state index is 13.0. The number of ether oxygens (including phenoxy) is 1. The van der Waals surface area contributed by atoms with Crippen molar-refractivity contribution in [3.05, 3.63) is 0 Å². The number of alkyl halides is 2. The summed E-state index contributed by atoms with van der Waals surface area (Å²) in [6.07, 6.45) is 0.969. The van der Waals surface area contributed by atoms with Gasteiger partial charge in [-0.3, -0.25) is 4.79 Å². The van der Waals surface area contributed by atoms with Gasteiger partial charge in [-0.15, -0.1) is 0 Å². The lowest BCUT2D eigenvalue weighted by Crippen LogP contribution is -2.15. The van der Waals surface area contributed by atoms with Crippen molar-refractivity contribution < 1.29 is 18.3 Å². The van der Waals surface area contributed by atoms with Crippen molar-refractivity contribution in [2.45, 2.75) is 45.5 Å². The lowest BCUT2D eigenvalue weighted by atomic mass is 10.1. The highest BCUT2D eigenvalue weighted by molar-refractivity contribution is 7.99. The summed E-state index contributed by atoms with van der Waals surface area (Å²) in [5, 5.41) is 0. The zero-order valence-corrected chi connectivity index (χ0v) is 10.7. The molecule has 0 saturated carbocycles. The second kappa shape index (κ2) is 8.79. The molecular weight excluding hydrogens is 234 g/mol. The van der Waals surface area contributed by atoms with Crippen molar-refractivity contribution in [1.82, 2.24) is 0 Å². The molecule has 5 heteroatoms. The van der Waals surface area contributed by atoms with E-state index in [2.05, 4.69) is 0 Å². The number of carbonyl (C=O) groups is 1. The first-order valence-electron chi connectivity index (χ1n) is 5.57. The molecule has 0 aromatic carbocycles. The Kier molecular flexibility index (Phi) is 8.61. The predicted molar refractivity (Wildman–Crippen MR) is 63.0 cm³/mol. The summed E-state index contributed by atoms with van der Waals surface area (Å²) in [6.45, 7) is 3.49. The zero-order valence-electron chi connectivity index (χ0n) is 9.93. The van der Waals surface area contributed by atoms with Crippen LogP contribution in [-0.2, 0) is 9.53 Å². The SMILES string of the molecule is CCCC(F)(F)CCCSCCOC(C)=O. The molecule has 0 spiro atoms. The number of hydrogen-bond donors (Lipinski definition) is 0. The van der Waals surface area contributed by atoms with Crippen molar-refractivity contribution in [2.24, 2.45) is 0 Å². The highest BCUT2D eigenvalue weighted by atomic mass is 32.2. The first-order chi connectivity index (χ1) is 7.48. The summed E-state index contributed by atoms with van der Waals surface area (Å²) in [7, 11) is 0. The van der Waals surface area contributed by atoms with Gasteiger partial charge in [0.2, 0.25) is 5.92 Å². The van der Waals surface area contributed by atoms with E-state index < -0.39 is 5.92 Å². The molecule has 0 N–H and O–H groups in total. The third kappa shape index (κ3) is 10.2. The third-order valence-corrected chi connectivity index (χ3v) is 3.01. The van der Waals surface area contributed by atoms with Crippen LogP contribution in [0.25, 0.3) is 0 Å². The number of hydrogen-bond acceptors (Lipinski definition) is 3. The summed E-state index contributed by atoms with van der Waals surface area (Å²) in [5.41, 5.74) is 0. The van der Waals surface area contributed by atoms with E-state index in [9.17, 15) is 13.6 Å². The molecule has 0 aromatic rings. The van der Waals surface area contributed by atoms with Crippen LogP contribution in [0, 0.1) is 0 Å². The van der Waals surface area contributed by atoms with Gasteiger partial charge in [0.1, 0.15) is 6.61 Å². The fourth-order valence-corrected chi connectivity index (χ4v) is 2.02. The fourth-order valence-electron chi connectivity index (χ4n) is 1.27. The number of halogens is 2. The van der Waals surface area contributed by atoms with Crippen LogP contribution < -0.4 is 0 Å². The summed E-state index contributed by atoms with van der Waals surface area (Å²) >= 11 is 1.54. The molecule has 0 aliphatic rings. The normalized spacial score (nSPS) is 11.5. The van der Waals surface area contributed by atoms with Gasteiger partial charge < -0.3 is 4.74 Å². The van der Waals surface area contributed by atoms with Gasteiger partial charge in [0, 0.05) is 25.5 Å². The topological polar surface area (TPSA) is 26.3 Å². The second-order valence-electron chi connectivity index (χ2n) is 3.66. The minimum atomic E-state index is -2.51. The first kappa shape index (κ1) is 15.7. The molecule has 0 unspecified atom stereocenters. The Labute approximate surface area is 100 Å². The van der Waals surface area contributed by atoms with Crippen molar-refractivity contribution in [2.75, 3.05) is 18.1 Å². The molecule has 96 valence electrons. The molecule has 0 bridgehead atoms. The Morgan fingerprint density at radius 3 is 2.56 bits per heavy atom. The average molecular weight is 254 g/mol. The minimum absolute atomic E-state index is 0.0227. The highest BCUT2D eigenvalue weighted by Gasteiger charge is 2.26. The smallest absolute Gasteiger partial charge is 0.302 e. The van der Waals surface area contributed by atoms with E-state index in [-0.39, 0.29) is 18.8 Å². The molecule has 0 aliphatic carbocycles. The van der Waals surface area contributed by atoms with Crippen LogP contribution in [0.4, 0.5) is 8.78 Å². The molecule has 0 heterocycles. The van der Waals surface area contributed by atoms with Crippen molar-refractivity contribution in [3.8, 4) is 0 Å². The van der Waals surface area contributed by atoms with Crippen LogP contribution in [0.3, 0.4) is 0 Å². The molecule has 0 aromatic heterocycles. The van der Waals surface area contributed by atoms with E-state index in [1.807, 2.05) is 0 Å². The van der Waals surface area contributed by atoms with E-state index in [0.29, 0.717) is 31.0 Å². The quantitative estimate of drug-likeness (QED) is 0.465. The zero-order chi connectivity index (χ0) is 12.4. The van der Waals surface area contributed by atoms with Gasteiger partial charge in [-0.25, -0.2) is 8.78 Å². The Hall–Kier alpha value is -0.320. The summed E-state index contributed by atoms with van der Waals surface area (Å²) < 4.78 is 30.8. The van der Waals surface area contributed by atoms with E-state index in [0.717, 1.165) is 0 Å². The van der Waals surface area contributed by atoms with Crippen LogP contribution in [0.5, 0.6) is 0 Å². The third-order valence-electron chi connectivity index (χ3n) is 1.98. The molecular formula is C11H20F2O2S. The maximum Gasteiger partial charge on any atom is 0.302 e. The standard InChI is InChI=1S/C11H20F2O2S/c1-3-5-11(12,13)6-4-8-16-9-7-15-10(2)14/h3-9H2,1-2H3. The first-order valence-corrected chi connectivity index (χ1v) is 6.72. The molecule has 0 atom stereocenters. The number of esters is 1. The van der Waals surface area contributed by atoms with E-state index >= 15 is 0 Å². The highest BCUT2D eigenvalue weighted by Crippen LogP contribution is 2.26. The van der Waals surface area contributed by atoms with Crippen LogP contribution in [0.2, 0.25) is 0 Å². The van der Waals surface area contributed by atoms with Gasteiger partial charge in [-0.2, -0.15) is 11.8 Å². The Morgan fingerprint density at radius 2 is 2.00 bits per heavy atom. The molecule has 0 saturated heterocycles. The van der Waals surface area contributed by atoms with Gasteiger partial charge in [0.15, 0.2) is 0 Å². The van der Waals surface area contributed by atoms with Crippen LogP contribution >= 0.6 is 11.8 Å². The van der Waals surface area contributed by atoms with Crippen molar-refractivity contribution in [1.29, 1.82) is 0 Å². The summed E-state index contributed by atoms with van der Waals surface area (Å²) in [5.74, 6) is -1.43. The molecule has 0 rings (SSSR count). The monoisotopic (exact) mass is 254 g/mol. The van der Waals surface area contributed by atoms with Gasteiger partial charge in [0.25, 0.3) is 0 Å². The molecule has 2 nitrogen and oxygen atoms in total. The van der Waals surface area contributed by atoms with Crippen LogP contribution in [-0.4, -0.2) is 30.0 Å². The number of rotatable bonds is 9. The number of carbonyl (C=O) groups excluding carboxylic acids is 1. The Morgan fingerprint density at radius 1 is 1.31 bits per heavy atom. The second-order valence-corrected chi connectivity index (χ2v) is 4.89. The Bertz CT molecular complexity index is 198. The van der Waals surface area contributed by atoms with E-state index in [4.69, 9.17) is 4.74 Å². The molecule has 0 radical (unpaired) electrons. The number of thioether (sulfide) groups is 1. The van der Waals surface area contributed by atoms with Gasteiger partial charge in [0.05, 0.1) is 0 Å². The largest absolute Gasteiger partial charge is 0.465 e. The lowest BCUT2D eigenvalue weighted by molar-refractivity contribution is -0.140. The van der Waals surface area contributed by atoms with Crippen molar-refractivity contribution >= 4 is 17.7 Å². The van der Waals surface area contributed by atoms with Gasteiger partial charge >= 0.3 is 5.97 Å². The molecule has 0 fully saturated rings. The molecule has 16 heavy (non-hydrogen) atoms. The van der Waals surface area contributed by atoms with Gasteiger partial charge in [-0.05, 0) is 12.2 Å². The van der Waals surface area contributed by atoms with E-state index in [1.54, 1.807) is 18.7 Å². The molecule has 0 amide bonds. The maximum absolute atomic E-state index is 13.0. The van der Waals surface area contributed by atoms with E-state index in [1.165, 1.54) is 6.92 Å². The molecule has 0 aliphatic heterocycles.